The van der Waals surface area contributed by atoms with E-state index in [-0.39, 0.29) is 24.5 Å². The van der Waals surface area contributed by atoms with Crippen molar-refractivity contribution in [3.63, 3.8) is 0 Å². The summed E-state index contributed by atoms with van der Waals surface area (Å²) < 4.78 is 34.3. The van der Waals surface area contributed by atoms with E-state index in [0.29, 0.717) is 12.1 Å². The van der Waals surface area contributed by atoms with Crippen LogP contribution < -0.4 is 14.8 Å². The molecule has 0 radical (unpaired) electrons. The maximum absolute atomic E-state index is 12.3. The maximum Gasteiger partial charge on any atom is 0.387 e. The lowest BCUT2D eigenvalue weighted by atomic mass is 10.0. The van der Waals surface area contributed by atoms with Gasteiger partial charge in [0.05, 0.1) is 13.0 Å². The first-order valence-electron chi connectivity index (χ1n) is 6.64. The van der Waals surface area contributed by atoms with E-state index < -0.39 is 18.6 Å². The second-order valence-electron chi connectivity index (χ2n) is 4.23. The molecule has 0 amide bonds. The van der Waals surface area contributed by atoms with Crippen molar-refractivity contribution in [2.24, 2.45) is 0 Å². The SMILES string of the molecule is CCNC(CC(=O)O)c1ccc(OC(F)F)c(OCC)c1. The van der Waals surface area contributed by atoms with E-state index >= 15 is 0 Å². The number of carboxylic acids is 1. The van der Waals surface area contributed by atoms with Crippen molar-refractivity contribution in [3.8, 4) is 11.5 Å². The lowest BCUT2D eigenvalue weighted by Gasteiger charge is -2.19. The van der Waals surface area contributed by atoms with Crippen molar-refractivity contribution in [1.82, 2.24) is 5.32 Å². The minimum atomic E-state index is -2.95. The molecule has 1 atom stereocenters. The second-order valence-corrected chi connectivity index (χ2v) is 4.23. The molecule has 0 aliphatic rings. The Bertz CT molecular complexity index is 468. The summed E-state index contributed by atoms with van der Waals surface area (Å²) in [6.45, 7) is 1.49. The third-order valence-electron chi connectivity index (χ3n) is 2.72. The number of aliphatic carboxylic acids is 1. The summed E-state index contributed by atoms with van der Waals surface area (Å²) in [6.07, 6.45) is -0.117. The van der Waals surface area contributed by atoms with Crippen LogP contribution in [0.4, 0.5) is 8.78 Å². The summed E-state index contributed by atoms with van der Waals surface area (Å²) in [4.78, 5) is 10.9. The summed E-state index contributed by atoms with van der Waals surface area (Å²) in [5.41, 5.74) is 0.643. The van der Waals surface area contributed by atoms with Crippen molar-refractivity contribution < 1.29 is 28.2 Å². The third-order valence-corrected chi connectivity index (χ3v) is 2.72. The Labute approximate surface area is 121 Å². The predicted octanol–water partition coefficient (Wildman–Crippen LogP) is 2.81. The van der Waals surface area contributed by atoms with Crippen LogP contribution in [0, 0.1) is 0 Å². The van der Waals surface area contributed by atoms with E-state index in [1.54, 1.807) is 13.0 Å². The average molecular weight is 303 g/mol. The van der Waals surface area contributed by atoms with Gasteiger partial charge in [0, 0.05) is 6.04 Å². The van der Waals surface area contributed by atoms with E-state index in [9.17, 15) is 13.6 Å². The van der Waals surface area contributed by atoms with Crippen LogP contribution in [0.2, 0.25) is 0 Å². The minimum Gasteiger partial charge on any atom is -0.490 e. The topological polar surface area (TPSA) is 67.8 Å². The van der Waals surface area contributed by atoms with Crippen LogP contribution in [0.5, 0.6) is 11.5 Å². The Hall–Kier alpha value is -1.89. The first kappa shape index (κ1) is 17.2. The van der Waals surface area contributed by atoms with E-state index in [2.05, 4.69) is 10.1 Å². The Balaban J connectivity index is 3.05. The van der Waals surface area contributed by atoms with Gasteiger partial charge in [-0.15, -0.1) is 0 Å². The van der Waals surface area contributed by atoms with Crippen molar-refractivity contribution in [1.29, 1.82) is 0 Å². The number of alkyl halides is 2. The number of carboxylic acid groups (broad SMARTS) is 1. The molecule has 1 aromatic rings. The summed E-state index contributed by atoms with van der Waals surface area (Å²) in [6, 6.07) is 4.01. The largest absolute Gasteiger partial charge is 0.490 e. The van der Waals surface area contributed by atoms with Gasteiger partial charge >= 0.3 is 12.6 Å². The summed E-state index contributed by atoms with van der Waals surface area (Å²) >= 11 is 0. The van der Waals surface area contributed by atoms with Gasteiger partial charge in [-0.25, -0.2) is 0 Å². The summed E-state index contributed by atoms with van der Waals surface area (Å²) in [5.74, 6) is -0.850. The van der Waals surface area contributed by atoms with Gasteiger partial charge in [-0.05, 0) is 31.2 Å². The van der Waals surface area contributed by atoms with Gasteiger partial charge in [-0.2, -0.15) is 8.78 Å². The van der Waals surface area contributed by atoms with Crippen LogP contribution in [0.15, 0.2) is 18.2 Å². The van der Waals surface area contributed by atoms with Crippen molar-refractivity contribution in [2.75, 3.05) is 13.2 Å². The monoisotopic (exact) mass is 303 g/mol. The van der Waals surface area contributed by atoms with E-state index in [0.717, 1.165) is 0 Å². The molecule has 118 valence electrons. The molecule has 2 N–H and O–H groups in total. The third kappa shape index (κ3) is 5.55. The molecule has 0 spiro atoms. The molecule has 0 bridgehead atoms. The lowest BCUT2D eigenvalue weighted by molar-refractivity contribution is -0.137. The normalized spacial score (nSPS) is 12.2. The highest BCUT2D eigenvalue weighted by atomic mass is 19.3. The molecular formula is C14H19F2NO4. The van der Waals surface area contributed by atoms with Gasteiger partial charge in [-0.1, -0.05) is 13.0 Å². The van der Waals surface area contributed by atoms with Gasteiger partial charge in [0.15, 0.2) is 11.5 Å². The number of rotatable bonds is 9. The van der Waals surface area contributed by atoms with Crippen molar-refractivity contribution >= 4 is 5.97 Å². The zero-order valence-electron chi connectivity index (χ0n) is 11.9. The maximum atomic E-state index is 12.3. The van der Waals surface area contributed by atoms with Crippen LogP contribution in [-0.4, -0.2) is 30.8 Å². The molecule has 5 nitrogen and oxygen atoms in total. The summed E-state index contributed by atoms with van der Waals surface area (Å²) in [5, 5.41) is 12.0. The number of hydrogen-bond donors (Lipinski definition) is 2. The number of hydrogen-bond acceptors (Lipinski definition) is 4. The highest BCUT2D eigenvalue weighted by Gasteiger charge is 2.18. The minimum absolute atomic E-state index is 0.0684. The molecule has 0 aliphatic carbocycles. The van der Waals surface area contributed by atoms with Gasteiger partial charge in [-0.3, -0.25) is 4.79 Å². The van der Waals surface area contributed by atoms with Crippen molar-refractivity contribution in [2.45, 2.75) is 32.9 Å². The van der Waals surface area contributed by atoms with Crippen LogP contribution >= 0.6 is 0 Å². The molecule has 1 aromatic carbocycles. The van der Waals surface area contributed by atoms with Gasteiger partial charge in [0.2, 0.25) is 0 Å². The highest BCUT2D eigenvalue weighted by molar-refractivity contribution is 5.68. The Kier molecular flexibility index (Phi) is 6.87. The van der Waals surface area contributed by atoms with Crippen LogP contribution in [0.25, 0.3) is 0 Å². The number of halogens is 2. The van der Waals surface area contributed by atoms with E-state index in [1.165, 1.54) is 12.1 Å². The first-order chi connectivity index (χ1) is 9.97. The molecule has 7 heteroatoms. The molecule has 0 saturated heterocycles. The Morgan fingerprint density at radius 1 is 1.33 bits per heavy atom. The van der Waals surface area contributed by atoms with Crippen LogP contribution in [0.3, 0.4) is 0 Å². The van der Waals surface area contributed by atoms with E-state index in [1.807, 2.05) is 6.92 Å². The Morgan fingerprint density at radius 2 is 2.05 bits per heavy atom. The lowest BCUT2D eigenvalue weighted by Crippen LogP contribution is -2.23. The number of nitrogens with one attached hydrogen (secondary N) is 1. The predicted molar refractivity (Wildman–Crippen MR) is 72.9 cm³/mol. The van der Waals surface area contributed by atoms with Crippen molar-refractivity contribution in [3.05, 3.63) is 23.8 Å². The average Bonchev–Trinajstić information content (AvgIpc) is 2.39. The van der Waals surface area contributed by atoms with Crippen LogP contribution in [0.1, 0.15) is 31.9 Å². The Morgan fingerprint density at radius 3 is 2.57 bits per heavy atom. The van der Waals surface area contributed by atoms with E-state index in [4.69, 9.17) is 9.84 Å². The molecule has 0 fully saturated rings. The second kappa shape index (κ2) is 8.41. The molecule has 0 aliphatic heterocycles. The number of benzene rings is 1. The fraction of sp³-hybridized carbons (Fsp3) is 0.500. The first-order valence-corrected chi connectivity index (χ1v) is 6.64. The fourth-order valence-corrected chi connectivity index (χ4v) is 1.93. The fourth-order valence-electron chi connectivity index (χ4n) is 1.93. The summed E-state index contributed by atoms with van der Waals surface area (Å²) in [7, 11) is 0. The molecule has 21 heavy (non-hydrogen) atoms. The van der Waals surface area contributed by atoms with Gasteiger partial charge in [0.1, 0.15) is 0 Å². The molecule has 1 rings (SSSR count). The molecule has 0 heterocycles. The molecule has 0 aromatic heterocycles. The molecule has 0 saturated carbocycles. The zero-order valence-corrected chi connectivity index (χ0v) is 11.9. The van der Waals surface area contributed by atoms with Gasteiger partial charge in [0.25, 0.3) is 0 Å². The van der Waals surface area contributed by atoms with Gasteiger partial charge < -0.3 is 19.9 Å². The molecular weight excluding hydrogens is 284 g/mol. The quantitative estimate of drug-likeness (QED) is 0.734. The zero-order chi connectivity index (χ0) is 15.8. The smallest absolute Gasteiger partial charge is 0.387 e. The molecule has 1 unspecified atom stereocenters. The number of carbonyl (C=O) groups is 1. The highest BCUT2D eigenvalue weighted by Crippen LogP contribution is 2.32. The standard InChI is InChI=1S/C14H19F2NO4/c1-3-17-10(8-13(18)19)9-5-6-11(21-14(15)16)12(7-9)20-4-2/h5-7,10,14,17H,3-4,8H2,1-2H3,(H,18,19). The van der Waals surface area contributed by atoms with Crippen LogP contribution in [-0.2, 0) is 4.79 Å². The number of ether oxygens (including phenoxy) is 2.